The van der Waals surface area contributed by atoms with Crippen molar-refractivity contribution in [3.8, 4) is 0 Å². The van der Waals surface area contributed by atoms with E-state index in [1.165, 1.54) is 30.9 Å². The van der Waals surface area contributed by atoms with E-state index in [-0.39, 0.29) is 17.4 Å². The highest BCUT2D eigenvalue weighted by atomic mass is 16.5. The Morgan fingerprint density at radius 2 is 2.07 bits per heavy atom. The summed E-state index contributed by atoms with van der Waals surface area (Å²) in [6.45, 7) is 6.45. The molecule has 1 saturated carbocycles. The van der Waals surface area contributed by atoms with Crippen LogP contribution in [0.1, 0.15) is 43.7 Å². The third-order valence-corrected chi connectivity index (χ3v) is 6.62. The quantitative estimate of drug-likeness (QED) is 0.836. The van der Waals surface area contributed by atoms with E-state index in [0.717, 1.165) is 49.8 Å². The van der Waals surface area contributed by atoms with Crippen LogP contribution in [0.3, 0.4) is 0 Å². The number of aromatic nitrogens is 2. The first-order valence-corrected chi connectivity index (χ1v) is 10.8. The smallest absolute Gasteiger partial charge is 0.222 e. The van der Waals surface area contributed by atoms with Crippen LogP contribution in [-0.4, -0.2) is 48.7 Å². The molecular formula is C23H29N5O2. The molecule has 4 heterocycles. The molecule has 1 spiro atoms. The zero-order valence-electron chi connectivity index (χ0n) is 17.9. The van der Waals surface area contributed by atoms with Gasteiger partial charge in [0.1, 0.15) is 17.5 Å². The van der Waals surface area contributed by atoms with Crippen LogP contribution in [0.5, 0.6) is 0 Å². The highest BCUT2D eigenvalue weighted by Gasteiger charge is 2.52. The SMILES string of the molecule is COC1CCCN(c2cc(C)cc(N3CC4(CC4)c4cnc(NC(C)=O)cc43)n2)C1. The second-order valence-corrected chi connectivity index (χ2v) is 8.94. The van der Waals surface area contributed by atoms with Crippen LogP contribution in [0, 0.1) is 6.92 Å². The average Bonchev–Trinajstić information content (AvgIpc) is 3.44. The Hall–Kier alpha value is -2.67. The molecule has 1 saturated heterocycles. The number of hydrogen-bond acceptors (Lipinski definition) is 6. The fraction of sp³-hybridized carbons (Fsp3) is 0.522. The minimum absolute atomic E-state index is 0.109. The average molecular weight is 408 g/mol. The number of carbonyl (C=O) groups is 1. The van der Waals surface area contributed by atoms with Crippen molar-refractivity contribution in [3.63, 3.8) is 0 Å². The summed E-state index contributed by atoms with van der Waals surface area (Å²) in [4.78, 5) is 25.7. The molecule has 2 fully saturated rings. The highest BCUT2D eigenvalue weighted by Crippen LogP contribution is 2.58. The van der Waals surface area contributed by atoms with E-state index in [0.29, 0.717) is 5.82 Å². The standard InChI is InChI=1S/C23H29N5O2/c1-15-9-21(27-8-4-5-17(13-27)30-3)26-22(10-15)28-14-23(6-7-23)18-12-24-20(11-19(18)28)25-16(2)29/h9-12,17H,4-8,13-14H2,1-3H3,(H,24,25,29). The largest absolute Gasteiger partial charge is 0.380 e. The zero-order valence-corrected chi connectivity index (χ0v) is 17.9. The lowest BCUT2D eigenvalue weighted by atomic mass is 10.0. The Morgan fingerprint density at radius 3 is 2.80 bits per heavy atom. The maximum absolute atomic E-state index is 11.5. The summed E-state index contributed by atoms with van der Waals surface area (Å²) in [6, 6.07) is 6.32. The van der Waals surface area contributed by atoms with Gasteiger partial charge in [-0.15, -0.1) is 0 Å². The Morgan fingerprint density at radius 1 is 1.27 bits per heavy atom. The van der Waals surface area contributed by atoms with E-state index in [9.17, 15) is 4.79 Å². The molecule has 2 aliphatic heterocycles. The fourth-order valence-electron chi connectivity index (χ4n) is 4.85. The topological polar surface area (TPSA) is 70.6 Å². The number of nitrogens with zero attached hydrogens (tertiary/aromatic N) is 4. The van der Waals surface area contributed by atoms with Crippen LogP contribution in [0.15, 0.2) is 24.4 Å². The van der Waals surface area contributed by atoms with Gasteiger partial charge in [0.2, 0.25) is 5.91 Å². The number of methoxy groups -OCH3 is 1. The van der Waals surface area contributed by atoms with Gasteiger partial charge in [0.15, 0.2) is 0 Å². The molecule has 7 nitrogen and oxygen atoms in total. The number of fused-ring (bicyclic) bond motifs is 2. The molecule has 0 aromatic carbocycles. The van der Waals surface area contributed by atoms with E-state index in [1.807, 2.05) is 12.3 Å². The van der Waals surface area contributed by atoms with E-state index in [1.54, 1.807) is 7.11 Å². The Labute approximate surface area is 177 Å². The number of piperidine rings is 1. The predicted octanol–water partition coefficient (Wildman–Crippen LogP) is 3.54. The van der Waals surface area contributed by atoms with Crippen molar-refractivity contribution in [2.45, 2.75) is 51.0 Å². The predicted molar refractivity (Wildman–Crippen MR) is 118 cm³/mol. The number of hydrogen-bond donors (Lipinski definition) is 1. The Kier molecular flexibility index (Phi) is 4.65. The summed E-state index contributed by atoms with van der Waals surface area (Å²) < 4.78 is 5.61. The molecule has 3 aliphatic rings. The van der Waals surface area contributed by atoms with Crippen molar-refractivity contribution >= 4 is 29.0 Å². The molecule has 2 aromatic heterocycles. The Balaban J connectivity index is 1.51. The van der Waals surface area contributed by atoms with Gasteiger partial charge in [0.05, 0.1) is 11.8 Å². The normalized spacial score (nSPS) is 21.6. The first-order chi connectivity index (χ1) is 14.5. The van der Waals surface area contributed by atoms with Crippen LogP contribution < -0.4 is 15.1 Å². The maximum Gasteiger partial charge on any atom is 0.222 e. The van der Waals surface area contributed by atoms with Crippen molar-refractivity contribution in [2.75, 3.05) is 41.9 Å². The van der Waals surface area contributed by atoms with Crippen LogP contribution in [0.4, 0.5) is 23.1 Å². The van der Waals surface area contributed by atoms with Gasteiger partial charge in [-0.25, -0.2) is 9.97 Å². The lowest BCUT2D eigenvalue weighted by molar-refractivity contribution is -0.114. The van der Waals surface area contributed by atoms with Crippen molar-refractivity contribution in [2.24, 2.45) is 0 Å². The summed E-state index contributed by atoms with van der Waals surface area (Å²) >= 11 is 0. The number of aryl methyl sites for hydroxylation is 1. The molecule has 1 N–H and O–H groups in total. The van der Waals surface area contributed by atoms with Crippen molar-refractivity contribution in [3.05, 3.63) is 35.5 Å². The van der Waals surface area contributed by atoms with Gasteiger partial charge in [-0.05, 0) is 50.3 Å². The van der Waals surface area contributed by atoms with E-state index < -0.39 is 0 Å². The third kappa shape index (κ3) is 3.41. The number of nitrogens with one attached hydrogen (secondary N) is 1. The molecule has 1 aliphatic carbocycles. The summed E-state index contributed by atoms with van der Waals surface area (Å²) in [5, 5.41) is 2.82. The van der Waals surface area contributed by atoms with Gasteiger partial charge in [-0.3, -0.25) is 4.79 Å². The number of anilines is 4. The lowest BCUT2D eigenvalue weighted by Crippen LogP contribution is -2.39. The number of rotatable bonds is 4. The van der Waals surface area contributed by atoms with Crippen molar-refractivity contribution < 1.29 is 9.53 Å². The lowest BCUT2D eigenvalue weighted by Gasteiger charge is -2.33. The summed E-state index contributed by atoms with van der Waals surface area (Å²) in [5.74, 6) is 2.47. The second kappa shape index (κ2) is 7.23. The fourth-order valence-corrected chi connectivity index (χ4v) is 4.85. The molecule has 5 rings (SSSR count). The van der Waals surface area contributed by atoms with Gasteiger partial charge in [0.25, 0.3) is 0 Å². The molecular weight excluding hydrogens is 378 g/mol. The zero-order chi connectivity index (χ0) is 20.9. The molecule has 0 radical (unpaired) electrons. The number of carbonyl (C=O) groups excluding carboxylic acids is 1. The summed E-state index contributed by atoms with van der Waals surface area (Å²) in [7, 11) is 1.79. The first kappa shape index (κ1) is 19.3. The summed E-state index contributed by atoms with van der Waals surface area (Å²) in [5.41, 5.74) is 3.78. The van der Waals surface area contributed by atoms with Gasteiger partial charge < -0.3 is 19.9 Å². The number of amides is 1. The number of ether oxygens (including phenoxy) is 1. The molecule has 158 valence electrons. The maximum atomic E-state index is 11.5. The van der Waals surface area contributed by atoms with E-state index in [4.69, 9.17) is 9.72 Å². The minimum Gasteiger partial charge on any atom is -0.380 e. The number of pyridine rings is 2. The van der Waals surface area contributed by atoms with Crippen LogP contribution in [0.2, 0.25) is 0 Å². The molecule has 2 aromatic rings. The third-order valence-electron chi connectivity index (χ3n) is 6.62. The molecule has 1 amide bonds. The minimum atomic E-state index is -0.109. The summed E-state index contributed by atoms with van der Waals surface area (Å²) in [6.07, 6.45) is 6.78. The monoisotopic (exact) mass is 407 g/mol. The van der Waals surface area contributed by atoms with Crippen molar-refractivity contribution in [1.82, 2.24) is 9.97 Å². The van der Waals surface area contributed by atoms with E-state index in [2.05, 4.69) is 39.2 Å². The molecule has 30 heavy (non-hydrogen) atoms. The molecule has 0 bridgehead atoms. The van der Waals surface area contributed by atoms with Gasteiger partial charge in [-0.2, -0.15) is 0 Å². The van der Waals surface area contributed by atoms with Gasteiger partial charge in [-0.1, -0.05) is 0 Å². The highest BCUT2D eigenvalue weighted by molar-refractivity contribution is 5.89. The van der Waals surface area contributed by atoms with Gasteiger partial charge in [0, 0.05) is 56.9 Å². The molecule has 1 unspecified atom stereocenters. The van der Waals surface area contributed by atoms with E-state index >= 15 is 0 Å². The Bertz CT molecular complexity index is 988. The second-order valence-electron chi connectivity index (χ2n) is 8.94. The first-order valence-electron chi connectivity index (χ1n) is 10.8. The van der Waals surface area contributed by atoms with Crippen molar-refractivity contribution in [1.29, 1.82) is 0 Å². The van der Waals surface area contributed by atoms with Crippen LogP contribution >= 0.6 is 0 Å². The molecule has 1 atom stereocenters. The van der Waals surface area contributed by atoms with Crippen LogP contribution in [0.25, 0.3) is 0 Å². The van der Waals surface area contributed by atoms with Gasteiger partial charge >= 0.3 is 0 Å². The van der Waals surface area contributed by atoms with Crippen LogP contribution in [-0.2, 0) is 14.9 Å². The molecule has 7 heteroatoms.